The second-order valence-corrected chi connectivity index (χ2v) is 36.6. The Hall–Kier alpha value is -1.94. The number of phosphoric ester groups is 2. The molecule has 0 saturated heterocycles. The molecule has 0 aliphatic rings. The Morgan fingerprint density at radius 2 is 0.464 bits per heavy atom. The lowest BCUT2D eigenvalue weighted by atomic mass is 9.99. The van der Waals surface area contributed by atoms with E-state index in [1.54, 1.807) is 0 Å². The lowest BCUT2D eigenvalue weighted by molar-refractivity contribution is -0.161. The molecule has 0 rings (SSSR count). The van der Waals surface area contributed by atoms with Crippen LogP contribution in [0.5, 0.6) is 0 Å². The van der Waals surface area contributed by atoms with Crippen LogP contribution in [0.15, 0.2) is 0 Å². The van der Waals surface area contributed by atoms with E-state index in [2.05, 4.69) is 48.5 Å². The van der Waals surface area contributed by atoms with Gasteiger partial charge in [0.1, 0.15) is 19.3 Å². The molecule has 0 fully saturated rings. The van der Waals surface area contributed by atoms with E-state index in [0.717, 1.165) is 108 Å². The highest BCUT2D eigenvalue weighted by atomic mass is 31.2. The molecular weight excluding hydrogens is 1430 g/mol. The summed E-state index contributed by atoms with van der Waals surface area (Å²) < 4.78 is 69.0. The minimum atomic E-state index is -4.97. The molecular formula is C91H178O17P2. The molecule has 3 N–H and O–H groups in total. The van der Waals surface area contributed by atoms with Crippen LogP contribution in [-0.2, 0) is 65.4 Å². The summed E-state index contributed by atoms with van der Waals surface area (Å²) in [7, 11) is -9.93. The van der Waals surface area contributed by atoms with E-state index < -0.39 is 97.5 Å². The van der Waals surface area contributed by atoms with Gasteiger partial charge in [0.15, 0.2) is 12.2 Å². The van der Waals surface area contributed by atoms with Gasteiger partial charge in [0.05, 0.1) is 26.4 Å². The summed E-state index contributed by atoms with van der Waals surface area (Å²) in [4.78, 5) is 73.4. The van der Waals surface area contributed by atoms with Crippen molar-refractivity contribution >= 4 is 39.5 Å². The monoisotopic (exact) mass is 1610 g/mol. The van der Waals surface area contributed by atoms with Crippen molar-refractivity contribution in [3.63, 3.8) is 0 Å². The predicted molar refractivity (Wildman–Crippen MR) is 455 cm³/mol. The fourth-order valence-electron chi connectivity index (χ4n) is 14.2. The molecule has 0 spiro atoms. The third kappa shape index (κ3) is 81.2. The standard InChI is InChI=1S/C91H178O17P2/c1-8-11-12-13-14-15-16-17-32-38-45-53-60-67-74-90(95)108-87(79-102-89(94)73-66-59-52-47-40-41-48-55-62-69-82(4)5)81-106-110(99,100)104-77-85(92)76-103-109(97,98)105-80-86(107-91(96)75-68-61-54-46-39-34-29-25-21-19-23-27-31-36-43-50-57-64-71-84(7)10-3)78-101-88(93)72-65-58-51-44-37-33-28-24-20-18-22-26-30-35-42-49-56-63-70-83(6)9-2/h82-87,92H,8-81H2,1-7H3,(H,97,98)(H,99,100)/t83?,84?,85-,86-,87-/m1/s1. The van der Waals surface area contributed by atoms with Gasteiger partial charge in [-0.15, -0.1) is 0 Å². The van der Waals surface area contributed by atoms with Gasteiger partial charge in [0, 0.05) is 25.7 Å². The van der Waals surface area contributed by atoms with Crippen molar-refractivity contribution in [2.45, 2.75) is 503 Å². The Kier molecular flexibility index (Phi) is 79.4. The molecule has 0 aliphatic carbocycles. The summed E-state index contributed by atoms with van der Waals surface area (Å²) in [5.74, 6) is 0.391. The predicted octanol–water partition coefficient (Wildman–Crippen LogP) is 28.0. The number of hydrogen-bond acceptors (Lipinski definition) is 15. The van der Waals surface area contributed by atoms with Gasteiger partial charge < -0.3 is 33.8 Å². The molecule has 17 nitrogen and oxygen atoms in total. The molecule has 0 bridgehead atoms. The Labute approximate surface area is 677 Å². The summed E-state index contributed by atoms with van der Waals surface area (Å²) >= 11 is 0. The van der Waals surface area contributed by atoms with E-state index in [9.17, 15) is 43.2 Å². The van der Waals surface area contributed by atoms with Crippen LogP contribution < -0.4 is 0 Å². The Bertz CT molecular complexity index is 2120. The van der Waals surface area contributed by atoms with Crippen molar-refractivity contribution in [1.29, 1.82) is 0 Å². The van der Waals surface area contributed by atoms with Gasteiger partial charge >= 0.3 is 39.5 Å². The van der Waals surface area contributed by atoms with Crippen LogP contribution in [-0.4, -0.2) is 96.7 Å². The first-order valence-electron chi connectivity index (χ1n) is 46.9. The molecule has 0 aromatic heterocycles. The van der Waals surface area contributed by atoms with Crippen LogP contribution >= 0.6 is 15.6 Å². The first-order valence-corrected chi connectivity index (χ1v) is 49.9. The summed E-state index contributed by atoms with van der Waals surface area (Å²) in [6.07, 6.45) is 73.6. The van der Waals surface area contributed by atoms with Crippen molar-refractivity contribution in [3.8, 4) is 0 Å². The third-order valence-corrected chi connectivity index (χ3v) is 24.0. The molecule has 19 heteroatoms. The number of aliphatic hydroxyl groups excluding tert-OH is 1. The summed E-state index contributed by atoms with van der Waals surface area (Å²) in [5.41, 5.74) is 0. The van der Waals surface area contributed by atoms with Crippen LogP contribution in [0, 0.1) is 17.8 Å². The highest BCUT2D eigenvalue weighted by Crippen LogP contribution is 2.45. The van der Waals surface area contributed by atoms with Crippen molar-refractivity contribution in [1.82, 2.24) is 0 Å². The average molecular weight is 1610 g/mol. The molecule has 0 heterocycles. The van der Waals surface area contributed by atoms with E-state index in [-0.39, 0.29) is 25.7 Å². The number of aliphatic hydroxyl groups is 1. The molecule has 0 aromatic carbocycles. The van der Waals surface area contributed by atoms with E-state index in [1.807, 2.05) is 0 Å². The molecule has 0 amide bonds. The van der Waals surface area contributed by atoms with Crippen molar-refractivity contribution in [3.05, 3.63) is 0 Å². The first kappa shape index (κ1) is 108. The third-order valence-electron chi connectivity index (χ3n) is 22.1. The van der Waals surface area contributed by atoms with E-state index >= 15 is 0 Å². The molecule has 0 radical (unpaired) electrons. The van der Waals surface area contributed by atoms with Crippen LogP contribution in [0.2, 0.25) is 0 Å². The summed E-state index contributed by atoms with van der Waals surface area (Å²) in [6, 6.07) is 0. The van der Waals surface area contributed by atoms with Crippen molar-refractivity contribution in [2.75, 3.05) is 39.6 Å². The SMILES string of the molecule is CCCCCCCCCCCCCCCCC(=O)O[C@H](COC(=O)CCCCCCCCCCCC(C)C)COP(=O)(O)OC[C@H](O)COP(=O)(O)OC[C@@H](COC(=O)CCCCCCCCCCCCCCCCCCCCC(C)CC)OC(=O)CCCCCCCCCCCCCCCCCCCCC(C)CC. The highest BCUT2D eigenvalue weighted by molar-refractivity contribution is 7.47. The van der Waals surface area contributed by atoms with Gasteiger partial charge in [-0.2, -0.15) is 0 Å². The van der Waals surface area contributed by atoms with Crippen LogP contribution in [0.4, 0.5) is 0 Å². The Balaban J connectivity index is 5.23. The van der Waals surface area contributed by atoms with Crippen LogP contribution in [0.3, 0.4) is 0 Å². The van der Waals surface area contributed by atoms with Gasteiger partial charge in [-0.1, -0.05) is 434 Å². The van der Waals surface area contributed by atoms with E-state index in [4.69, 9.17) is 37.0 Å². The molecule has 654 valence electrons. The Morgan fingerprint density at radius 3 is 0.691 bits per heavy atom. The van der Waals surface area contributed by atoms with E-state index in [0.29, 0.717) is 25.7 Å². The normalized spacial score (nSPS) is 14.3. The zero-order valence-electron chi connectivity index (χ0n) is 72.7. The molecule has 0 saturated carbocycles. The van der Waals surface area contributed by atoms with Gasteiger partial charge in [-0.3, -0.25) is 37.3 Å². The summed E-state index contributed by atoms with van der Waals surface area (Å²) in [5, 5.41) is 10.7. The first-order chi connectivity index (χ1) is 53.3. The van der Waals surface area contributed by atoms with Crippen LogP contribution in [0.25, 0.3) is 0 Å². The number of unbranched alkanes of at least 4 members (excludes halogenated alkanes) is 55. The number of hydrogen-bond donors (Lipinski definition) is 3. The fourth-order valence-corrected chi connectivity index (χ4v) is 15.8. The smallest absolute Gasteiger partial charge is 0.462 e. The minimum Gasteiger partial charge on any atom is -0.462 e. The van der Waals surface area contributed by atoms with Crippen molar-refractivity contribution in [2.24, 2.45) is 17.8 Å². The highest BCUT2D eigenvalue weighted by Gasteiger charge is 2.31. The second-order valence-electron chi connectivity index (χ2n) is 33.7. The number of rotatable bonds is 89. The molecule has 110 heavy (non-hydrogen) atoms. The quantitative estimate of drug-likeness (QED) is 0.0222. The number of ether oxygens (including phenoxy) is 4. The zero-order chi connectivity index (χ0) is 80.8. The molecule has 4 unspecified atom stereocenters. The van der Waals surface area contributed by atoms with Crippen LogP contribution in [0.1, 0.15) is 485 Å². The van der Waals surface area contributed by atoms with Gasteiger partial charge in [0.25, 0.3) is 0 Å². The van der Waals surface area contributed by atoms with Gasteiger partial charge in [-0.25, -0.2) is 9.13 Å². The van der Waals surface area contributed by atoms with Gasteiger partial charge in [-0.05, 0) is 43.4 Å². The fraction of sp³-hybridized carbons (Fsp3) is 0.956. The number of carbonyl (C=O) groups is 4. The molecule has 7 atom stereocenters. The minimum absolute atomic E-state index is 0.108. The molecule has 0 aliphatic heterocycles. The maximum absolute atomic E-state index is 13.2. The number of carbonyl (C=O) groups excluding carboxylic acids is 4. The average Bonchev–Trinajstić information content (AvgIpc) is 0.898. The second kappa shape index (κ2) is 80.8. The van der Waals surface area contributed by atoms with Gasteiger partial charge in [0.2, 0.25) is 0 Å². The Morgan fingerprint density at radius 1 is 0.264 bits per heavy atom. The maximum Gasteiger partial charge on any atom is 0.472 e. The number of esters is 4. The molecule has 0 aromatic rings. The largest absolute Gasteiger partial charge is 0.472 e. The lowest BCUT2D eigenvalue weighted by Gasteiger charge is -2.21. The zero-order valence-corrected chi connectivity index (χ0v) is 74.5. The number of phosphoric acid groups is 2. The topological polar surface area (TPSA) is 237 Å². The van der Waals surface area contributed by atoms with Crippen molar-refractivity contribution < 1.29 is 80.2 Å². The summed E-state index contributed by atoms with van der Waals surface area (Å²) in [6.45, 7) is 12.1. The maximum atomic E-state index is 13.2. The lowest BCUT2D eigenvalue weighted by Crippen LogP contribution is -2.30. The van der Waals surface area contributed by atoms with E-state index in [1.165, 1.54) is 295 Å².